The minimum atomic E-state index is 0.186. The van der Waals surface area contributed by atoms with Crippen molar-refractivity contribution < 1.29 is 4.79 Å². The molecule has 2 aromatic carbocycles. The Bertz CT molecular complexity index is 1140. The molecule has 1 saturated heterocycles. The third-order valence-corrected chi connectivity index (χ3v) is 7.05. The summed E-state index contributed by atoms with van der Waals surface area (Å²) >= 11 is 1.80. The number of hydrogen-bond acceptors (Lipinski definition) is 4. The van der Waals surface area contributed by atoms with E-state index in [1.165, 1.54) is 9.71 Å². The molecule has 5 rings (SSSR count). The van der Waals surface area contributed by atoms with Gasteiger partial charge in [0, 0.05) is 25.4 Å². The van der Waals surface area contributed by atoms with Crippen molar-refractivity contribution in [3.05, 3.63) is 59.4 Å². The summed E-state index contributed by atoms with van der Waals surface area (Å²) in [5.41, 5.74) is 3.10. The van der Waals surface area contributed by atoms with Crippen LogP contribution in [0.15, 0.2) is 48.5 Å². The number of rotatable bonds is 4. The van der Waals surface area contributed by atoms with Gasteiger partial charge in [0.05, 0.1) is 26.3 Å². The zero-order valence-electron chi connectivity index (χ0n) is 16.5. The van der Waals surface area contributed by atoms with Gasteiger partial charge in [-0.05, 0) is 37.1 Å². The van der Waals surface area contributed by atoms with Crippen molar-refractivity contribution in [3.8, 4) is 0 Å². The van der Waals surface area contributed by atoms with Crippen LogP contribution in [-0.2, 0) is 17.8 Å². The summed E-state index contributed by atoms with van der Waals surface area (Å²) in [6, 6.07) is 16.4. The van der Waals surface area contributed by atoms with E-state index < -0.39 is 0 Å². The lowest BCUT2D eigenvalue weighted by atomic mass is 9.97. The molecule has 1 amide bonds. The molecule has 0 atom stereocenters. The molecule has 0 aliphatic carbocycles. The second-order valence-electron chi connectivity index (χ2n) is 7.63. The standard InChI is InChI=1S/C23H24N4OS/c1-2-21-24-17-7-3-5-9-19(17)27(21)15-22(28)26-13-11-16(12-14-26)23-25-18-8-4-6-10-20(18)29-23/h3-10,16H,2,11-15H2,1H3. The molecule has 4 aromatic rings. The van der Waals surface area contributed by atoms with Gasteiger partial charge in [-0.25, -0.2) is 9.97 Å². The van der Waals surface area contributed by atoms with Gasteiger partial charge in [0.1, 0.15) is 12.4 Å². The number of piperidine rings is 1. The Morgan fingerprint density at radius 2 is 1.76 bits per heavy atom. The van der Waals surface area contributed by atoms with Crippen LogP contribution in [0.5, 0.6) is 0 Å². The molecule has 6 heteroatoms. The first-order chi connectivity index (χ1) is 14.2. The number of likely N-dealkylation sites (tertiary alicyclic amines) is 1. The van der Waals surface area contributed by atoms with Crippen LogP contribution in [0, 0.1) is 0 Å². The molecule has 1 aliphatic rings. The highest BCUT2D eigenvalue weighted by atomic mass is 32.1. The number of nitrogens with zero attached hydrogens (tertiary/aromatic N) is 4. The number of hydrogen-bond donors (Lipinski definition) is 0. The maximum absolute atomic E-state index is 13.0. The number of aryl methyl sites for hydroxylation is 1. The molecule has 2 aromatic heterocycles. The Hall–Kier alpha value is -2.73. The lowest BCUT2D eigenvalue weighted by molar-refractivity contribution is -0.132. The highest BCUT2D eigenvalue weighted by Crippen LogP contribution is 2.34. The number of aromatic nitrogens is 3. The zero-order chi connectivity index (χ0) is 19.8. The Balaban J connectivity index is 1.28. The zero-order valence-corrected chi connectivity index (χ0v) is 17.4. The highest BCUT2D eigenvalue weighted by molar-refractivity contribution is 7.18. The van der Waals surface area contributed by atoms with Gasteiger partial charge in [0.2, 0.25) is 5.91 Å². The largest absolute Gasteiger partial charge is 0.341 e. The van der Waals surface area contributed by atoms with Crippen LogP contribution in [0.3, 0.4) is 0 Å². The van der Waals surface area contributed by atoms with Crippen LogP contribution in [-0.4, -0.2) is 38.4 Å². The molecule has 0 radical (unpaired) electrons. The van der Waals surface area contributed by atoms with Crippen LogP contribution in [0.25, 0.3) is 21.3 Å². The fraction of sp³-hybridized carbons (Fsp3) is 0.348. The molecular formula is C23H24N4OS. The van der Waals surface area contributed by atoms with Crippen LogP contribution in [0.2, 0.25) is 0 Å². The topological polar surface area (TPSA) is 51.0 Å². The fourth-order valence-corrected chi connectivity index (χ4v) is 5.38. The van der Waals surface area contributed by atoms with Gasteiger partial charge >= 0.3 is 0 Å². The van der Waals surface area contributed by atoms with E-state index in [-0.39, 0.29) is 5.91 Å². The summed E-state index contributed by atoms with van der Waals surface area (Å²) in [6.45, 7) is 4.06. The number of amides is 1. The Kier molecular flexibility index (Phi) is 4.79. The average molecular weight is 405 g/mol. The van der Waals surface area contributed by atoms with Crippen molar-refractivity contribution >= 4 is 38.5 Å². The van der Waals surface area contributed by atoms with E-state index >= 15 is 0 Å². The summed E-state index contributed by atoms with van der Waals surface area (Å²) in [5.74, 6) is 1.62. The van der Waals surface area contributed by atoms with Crippen molar-refractivity contribution in [1.29, 1.82) is 0 Å². The second kappa shape index (κ2) is 7.59. The molecule has 0 bridgehead atoms. The minimum absolute atomic E-state index is 0.186. The van der Waals surface area contributed by atoms with Crippen molar-refractivity contribution in [1.82, 2.24) is 19.4 Å². The second-order valence-corrected chi connectivity index (χ2v) is 8.69. The molecule has 5 nitrogen and oxygen atoms in total. The Morgan fingerprint density at radius 3 is 2.52 bits per heavy atom. The summed E-state index contributed by atoms with van der Waals surface area (Å²) in [6.07, 6.45) is 2.79. The number of fused-ring (bicyclic) bond motifs is 2. The molecule has 1 fully saturated rings. The summed E-state index contributed by atoms with van der Waals surface area (Å²) in [7, 11) is 0. The Morgan fingerprint density at radius 1 is 1.03 bits per heavy atom. The maximum atomic E-state index is 13.0. The van der Waals surface area contributed by atoms with E-state index in [1.54, 1.807) is 11.3 Å². The lowest BCUT2D eigenvalue weighted by Crippen LogP contribution is -2.39. The molecule has 3 heterocycles. The predicted molar refractivity (Wildman–Crippen MR) is 117 cm³/mol. The van der Waals surface area contributed by atoms with E-state index in [1.807, 2.05) is 35.2 Å². The smallest absolute Gasteiger partial charge is 0.242 e. The SMILES string of the molecule is CCc1nc2ccccc2n1CC(=O)N1CCC(c2nc3ccccc3s2)CC1. The van der Waals surface area contributed by atoms with Gasteiger partial charge in [0.25, 0.3) is 0 Å². The van der Waals surface area contributed by atoms with Gasteiger partial charge in [-0.15, -0.1) is 11.3 Å². The molecule has 0 saturated carbocycles. The van der Waals surface area contributed by atoms with E-state index in [0.29, 0.717) is 12.5 Å². The van der Waals surface area contributed by atoms with Crippen molar-refractivity contribution in [2.24, 2.45) is 0 Å². The summed E-state index contributed by atoms with van der Waals surface area (Å²) < 4.78 is 3.33. The molecule has 1 aliphatic heterocycles. The average Bonchev–Trinajstić information content (AvgIpc) is 3.35. The van der Waals surface area contributed by atoms with Crippen LogP contribution in [0.4, 0.5) is 0 Å². The van der Waals surface area contributed by atoms with Crippen molar-refractivity contribution in [2.75, 3.05) is 13.1 Å². The molecule has 0 N–H and O–H groups in total. The lowest BCUT2D eigenvalue weighted by Gasteiger charge is -2.31. The first kappa shape index (κ1) is 18.3. The maximum Gasteiger partial charge on any atom is 0.242 e. The number of thiazole rings is 1. The van der Waals surface area contributed by atoms with Gasteiger partial charge < -0.3 is 9.47 Å². The van der Waals surface area contributed by atoms with Gasteiger partial charge in [-0.3, -0.25) is 4.79 Å². The van der Waals surface area contributed by atoms with E-state index in [0.717, 1.165) is 54.7 Å². The molecule has 0 unspecified atom stereocenters. The van der Waals surface area contributed by atoms with E-state index in [9.17, 15) is 4.79 Å². The third-order valence-electron chi connectivity index (χ3n) is 5.85. The monoisotopic (exact) mass is 404 g/mol. The van der Waals surface area contributed by atoms with E-state index in [2.05, 4.69) is 34.7 Å². The van der Waals surface area contributed by atoms with Crippen LogP contribution < -0.4 is 0 Å². The summed E-state index contributed by atoms with van der Waals surface area (Å²) in [5, 5.41) is 1.21. The first-order valence-electron chi connectivity index (χ1n) is 10.3. The number of para-hydroxylation sites is 3. The molecular weight excluding hydrogens is 380 g/mol. The molecule has 0 spiro atoms. The fourth-order valence-electron chi connectivity index (χ4n) is 4.25. The normalized spacial score (nSPS) is 15.4. The molecule has 148 valence electrons. The Labute approximate surface area is 174 Å². The van der Waals surface area contributed by atoms with E-state index in [4.69, 9.17) is 4.98 Å². The molecule has 29 heavy (non-hydrogen) atoms. The van der Waals surface area contributed by atoms with Crippen LogP contribution in [0.1, 0.15) is 36.5 Å². The van der Waals surface area contributed by atoms with Crippen molar-refractivity contribution in [3.63, 3.8) is 0 Å². The number of carbonyl (C=O) groups excluding carboxylic acids is 1. The number of imidazole rings is 1. The van der Waals surface area contributed by atoms with Crippen LogP contribution >= 0.6 is 11.3 Å². The van der Waals surface area contributed by atoms with Gasteiger partial charge in [-0.2, -0.15) is 0 Å². The predicted octanol–water partition coefficient (Wildman–Crippen LogP) is 4.61. The minimum Gasteiger partial charge on any atom is -0.341 e. The third kappa shape index (κ3) is 3.42. The number of carbonyl (C=O) groups is 1. The van der Waals surface area contributed by atoms with Crippen molar-refractivity contribution in [2.45, 2.75) is 38.6 Å². The summed E-state index contributed by atoms with van der Waals surface area (Å²) in [4.78, 5) is 24.6. The number of benzene rings is 2. The van der Waals surface area contributed by atoms with Gasteiger partial charge in [0.15, 0.2) is 0 Å². The highest BCUT2D eigenvalue weighted by Gasteiger charge is 2.26. The first-order valence-corrected chi connectivity index (χ1v) is 11.1. The quantitative estimate of drug-likeness (QED) is 0.499. The van der Waals surface area contributed by atoms with Gasteiger partial charge in [-0.1, -0.05) is 31.2 Å².